The number of guanidine groups is 1. The predicted molar refractivity (Wildman–Crippen MR) is 127 cm³/mol. The first-order valence-corrected chi connectivity index (χ1v) is 11.0. The summed E-state index contributed by atoms with van der Waals surface area (Å²) >= 11 is 0. The van der Waals surface area contributed by atoms with E-state index in [2.05, 4.69) is 52.9 Å². The van der Waals surface area contributed by atoms with Gasteiger partial charge in [-0.3, -0.25) is 4.99 Å². The highest BCUT2D eigenvalue weighted by atomic mass is 16.5. The molecular weight excluding hydrogens is 390 g/mol. The monoisotopic (exact) mass is 427 g/mol. The fourth-order valence-corrected chi connectivity index (χ4v) is 3.03. The van der Waals surface area contributed by atoms with Crippen LogP contribution in [0.25, 0.3) is 0 Å². The molecule has 2 aromatic rings. The molecule has 0 aliphatic heterocycles. The summed E-state index contributed by atoms with van der Waals surface area (Å²) in [4.78, 5) is 4.32. The molecule has 0 spiro atoms. The lowest BCUT2D eigenvalue weighted by Crippen LogP contribution is -2.37. The van der Waals surface area contributed by atoms with Crippen LogP contribution < -0.4 is 15.4 Å². The first-order chi connectivity index (χ1) is 15.2. The van der Waals surface area contributed by atoms with Gasteiger partial charge in [0, 0.05) is 52.4 Å². The molecule has 31 heavy (non-hydrogen) atoms. The van der Waals surface area contributed by atoms with Crippen molar-refractivity contribution in [2.45, 2.75) is 39.3 Å². The van der Waals surface area contributed by atoms with Crippen molar-refractivity contribution >= 4 is 5.96 Å². The summed E-state index contributed by atoms with van der Waals surface area (Å²) in [5, 5.41) is 6.74. The minimum absolute atomic E-state index is 0.642. The summed E-state index contributed by atoms with van der Waals surface area (Å²) in [7, 11) is 3.49. The van der Waals surface area contributed by atoms with Crippen LogP contribution in [-0.4, -0.2) is 46.5 Å². The van der Waals surface area contributed by atoms with Crippen molar-refractivity contribution in [3.8, 4) is 5.75 Å². The molecule has 0 amide bonds. The topological polar surface area (TPSA) is 64.1 Å². The fourth-order valence-electron chi connectivity index (χ4n) is 3.03. The number of rotatable bonds is 14. The number of hydrogen-bond acceptors (Lipinski definition) is 4. The Labute approximate surface area is 187 Å². The van der Waals surface area contributed by atoms with Gasteiger partial charge in [-0.05, 0) is 37.0 Å². The van der Waals surface area contributed by atoms with E-state index in [1.807, 2.05) is 18.2 Å². The molecule has 0 saturated heterocycles. The van der Waals surface area contributed by atoms with Crippen LogP contribution in [0.15, 0.2) is 53.5 Å². The van der Waals surface area contributed by atoms with Gasteiger partial charge in [-0.25, -0.2) is 0 Å². The van der Waals surface area contributed by atoms with E-state index < -0.39 is 0 Å². The Bertz CT molecular complexity index is 766. The molecule has 0 heterocycles. The molecular formula is C25H37N3O3. The van der Waals surface area contributed by atoms with Crippen molar-refractivity contribution in [2.24, 2.45) is 4.99 Å². The SMILES string of the molecule is CN=C(NCCCCOCc1ccccc1)NCc1ccc(C)cc1OCCCOC. The van der Waals surface area contributed by atoms with E-state index >= 15 is 0 Å². The highest BCUT2D eigenvalue weighted by Gasteiger charge is 2.06. The number of aliphatic imine (C=N–C) groups is 1. The number of methoxy groups -OCH3 is 1. The lowest BCUT2D eigenvalue weighted by atomic mass is 10.1. The zero-order valence-electron chi connectivity index (χ0n) is 19.2. The third kappa shape index (κ3) is 10.3. The Kier molecular flexibility index (Phi) is 12.2. The molecule has 0 atom stereocenters. The summed E-state index contributed by atoms with van der Waals surface area (Å²) in [6.45, 7) is 6.35. The summed E-state index contributed by atoms with van der Waals surface area (Å²) in [6.07, 6.45) is 2.90. The average molecular weight is 428 g/mol. The second kappa shape index (κ2) is 15.3. The predicted octanol–water partition coefficient (Wildman–Crippen LogP) is 4.07. The molecule has 0 aliphatic rings. The van der Waals surface area contributed by atoms with Gasteiger partial charge in [-0.15, -0.1) is 0 Å². The van der Waals surface area contributed by atoms with Crippen LogP contribution in [0, 0.1) is 6.92 Å². The van der Waals surface area contributed by atoms with Crippen molar-refractivity contribution in [3.63, 3.8) is 0 Å². The van der Waals surface area contributed by atoms with E-state index in [0.717, 1.165) is 49.7 Å². The van der Waals surface area contributed by atoms with E-state index in [0.29, 0.717) is 26.4 Å². The van der Waals surface area contributed by atoms with Crippen molar-refractivity contribution in [1.29, 1.82) is 0 Å². The van der Waals surface area contributed by atoms with Crippen LogP contribution in [0.1, 0.15) is 36.0 Å². The first kappa shape index (κ1) is 24.7. The Hall–Kier alpha value is -2.57. The van der Waals surface area contributed by atoms with Gasteiger partial charge in [0.2, 0.25) is 0 Å². The Morgan fingerprint density at radius 2 is 1.77 bits per heavy atom. The number of ether oxygens (including phenoxy) is 3. The van der Waals surface area contributed by atoms with Crippen molar-refractivity contribution < 1.29 is 14.2 Å². The maximum Gasteiger partial charge on any atom is 0.191 e. The lowest BCUT2D eigenvalue weighted by Gasteiger charge is -2.15. The molecule has 6 nitrogen and oxygen atoms in total. The average Bonchev–Trinajstić information content (AvgIpc) is 2.79. The fraction of sp³-hybridized carbons (Fsp3) is 0.480. The standard InChI is InChI=1S/C25H37N3O3/c1-21-12-13-23(24(18-21)31-17-9-15-29-3)19-28-25(26-2)27-14-7-8-16-30-20-22-10-5-4-6-11-22/h4-6,10-13,18H,7-9,14-17,19-20H2,1-3H3,(H2,26,27,28). The van der Waals surface area contributed by atoms with Gasteiger partial charge in [0.25, 0.3) is 0 Å². The summed E-state index contributed by atoms with van der Waals surface area (Å²) in [6, 6.07) is 16.5. The maximum absolute atomic E-state index is 5.96. The van der Waals surface area contributed by atoms with Crippen LogP contribution in [0.5, 0.6) is 5.75 Å². The molecule has 0 aromatic heterocycles. The second-order valence-corrected chi connectivity index (χ2v) is 7.40. The van der Waals surface area contributed by atoms with E-state index in [4.69, 9.17) is 14.2 Å². The number of aryl methyl sites for hydroxylation is 1. The van der Waals surface area contributed by atoms with Crippen LogP contribution in [-0.2, 0) is 22.6 Å². The molecule has 0 aliphatic carbocycles. The zero-order valence-corrected chi connectivity index (χ0v) is 19.2. The van der Waals surface area contributed by atoms with Crippen molar-refractivity contribution in [3.05, 3.63) is 65.2 Å². The first-order valence-electron chi connectivity index (χ1n) is 11.0. The van der Waals surface area contributed by atoms with E-state index in [1.165, 1.54) is 11.1 Å². The molecule has 6 heteroatoms. The molecule has 2 aromatic carbocycles. The summed E-state index contributed by atoms with van der Waals surface area (Å²) in [5.41, 5.74) is 3.51. The highest BCUT2D eigenvalue weighted by Crippen LogP contribution is 2.20. The number of benzene rings is 2. The van der Waals surface area contributed by atoms with Gasteiger partial charge in [0.15, 0.2) is 5.96 Å². The highest BCUT2D eigenvalue weighted by molar-refractivity contribution is 5.79. The van der Waals surface area contributed by atoms with E-state index in [1.54, 1.807) is 14.2 Å². The molecule has 0 saturated carbocycles. The van der Waals surface area contributed by atoms with Crippen LogP contribution >= 0.6 is 0 Å². The maximum atomic E-state index is 5.96. The van der Waals surface area contributed by atoms with Gasteiger partial charge >= 0.3 is 0 Å². The molecule has 0 fully saturated rings. The number of unbranched alkanes of at least 4 members (excludes halogenated alkanes) is 1. The molecule has 2 rings (SSSR count). The quantitative estimate of drug-likeness (QED) is 0.270. The minimum atomic E-state index is 0.642. The molecule has 170 valence electrons. The number of hydrogen-bond donors (Lipinski definition) is 2. The third-order valence-electron chi connectivity index (χ3n) is 4.76. The normalized spacial score (nSPS) is 11.4. The van der Waals surface area contributed by atoms with Crippen LogP contribution in [0.2, 0.25) is 0 Å². The van der Waals surface area contributed by atoms with Gasteiger partial charge in [-0.2, -0.15) is 0 Å². The largest absolute Gasteiger partial charge is 0.493 e. The number of nitrogens with zero attached hydrogens (tertiary/aromatic N) is 1. The molecule has 0 unspecified atom stereocenters. The minimum Gasteiger partial charge on any atom is -0.493 e. The Balaban J connectivity index is 1.65. The van der Waals surface area contributed by atoms with Gasteiger partial charge in [0.05, 0.1) is 13.2 Å². The number of nitrogens with one attached hydrogen (secondary N) is 2. The van der Waals surface area contributed by atoms with E-state index in [-0.39, 0.29) is 0 Å². The molecule has 0 bridgehead atoms. The smallest absolute Gasteiger partial charge is 0.191 e. The Morgan fingerprint density at radius 3 is 2.55 bits per heavy atom. The van der Waals surface area contributed by atoms with Gasteiger partial charge < -0.3 is 24.8 Å². The zero-order chi connectivity index (χ0) is 22.2. The lowest BCUT2D eigenvalue weighted by molar-refractivity contribution is 0.117. The summed E-state index contributed by atoms with van der Waals surface area (Å²) < 4.78 is 16.8. The molecule has 0 radical (unpaired) electrons. The second-order valence-electron chi connectivity index (χ2n) is 7.40. The van der Waals surface area contributed by atoms with Gasteiger partial charge in [-0.1, -0.05) is 42.5 Å². The van der Waals surface area contributed by atoms with Crippen molar-refractivity contribution in [1.82, 2.24) is 10.6 Å². The summed E-state index contributed by atoms with van der Waals surface area (Å²) in [5.74, 6) is 1.70. The van der Waals surface area contributed by atoms with Crippen LogP contribution in [0.4, 0.5) is 0 Å². The molecule has 2 N–H and O–H groups in total. The van der Waals surface area contributed by atoms with E-state index in [9.17, 15) is 0 Å². The van der Waals surface area contributed by atoms with Gasteiger partial charge in [0.1, 0.15) is 5.75 Å². The van der Waals surface area contributed by atoms with Crippen molar-refractivity contribution in [2.75, 3.05) is 40.5 Å². The third-order valence-corrected chi connectivity index (χ3v) is 4.76. The Morgan fingerprint density at radius 1 is 0.935 bits per heavy atom. The van der Waals surface area contributed by atoms with Crippen LogP contribution in [0.3, 0.4) is 0 Å².